The van der Waals surface area contributed by atoms with E-state index in [1.165, 1.54) is 17.5 Å². The van der Waals surface area contributed by atoms with Gasteiger partial charge in [-0.15, -0.1) is 6.58 Å². The summed E-state index contributed by atoms with van der Waals surface area (Å²) in [5.74, 6) is 0.752. The van der Waals surface area contributed by atoms with Crippen LogP contribution in [0, 0.1) is 12.0 Å². The molecule has 0 atom stereocenters. The van der Waals surface area contributed by atoms with E-state index in [9.17, 15) is 0 Å². The molecule has 0 unspecified atom stereocenters. The van der Waals surface area contributed by atoms with E-state index in [0.29, 0.717) is 0 Å². The maximum absolute atomic E-state index is 3.70. The van der Waals surface area contributed by atoms with Gasteiger partial charge < -0.3 is 5.32 Å². The van der Waals surface area contributed by atoms with Gasteiger partial charge in [0, 0.05) is 13.1 Å². The third-order valence-corrected chi connectivity index (χ3v) is 2.61. The van der Waals surface area contributed by atoms with Crippen molar-refractivity contribution >= 4 is 0 Å². The third-order valence-electron chi connectivity index (χ3n) is 2.61. The molecule has 0 saturated heterocycles. The first kappa shape index (κ1) is 13.0. The summed E-state index contributed by atoms with van der Waals surface area (Å²) in [5, 5.41) is 3.34. The smallest absolute Gasteiger partial charge is 0.0211 e. The Hall–Kier alpha value is -1.08. The molecule has 0 saturated carbocycles. The predicted octanol–water partition coefficient (Wildman–Crippen LogP) is 3.35. The van der Waals surface area contributed by atoms with E-state index >= 15 is 0 Å². The van der Waals surface area contributed by atoms with Crippen LogP contribution < -0.4 is 5.32 Å². The van der Waals surface area contributed by atoms with Gasteiger partial charge in [0.05, 0.1) is 0 Å². The number of rotatable bonds is 7. The van der Waals surface area contributed by atoms with Crippen LogP contribution in [0.3, 0.4) is 0 Å². The molecule has 1 aromatic rings. The minimum atomic E-state index is 0.752. The molecule has 1 aromatic carbocycles. The van der Waals surface area contributed by atoms with E-state index in [1.807, 2.05) is 12.1 Å². The van der Waals surface area contributed by atoms with E-state index in [2.05, 4.69) is 43.9 Å². The average molecular weight is 216 g/mol. The van der Waals surface area contributed by atoms with Gasteiger partial charge in [-0.3, -0.25) is 0 Å². The van der Waals surface area contributed by atoms with Crippen LogP contribution in [0.2, 0.25) is 0 Å². The Bertz CT molecular complexity index is 315. The Morgan fingerprint density at radius 1 is 1.50 bits per heavy atom. The number of aryl methyl sites for hydroxylation is 1. The highest BCUT2D eigenvalue weighted by Crippen LogP contribution is 2.13. The van der Waals surface area contributed by atoms with Gasteiger partial charge in [-0.25, -0.2) is 0 Å². The summed E-state index contributed by atoms with van der Waals surface area (Å²) in [4.78, 5) is 0. The average Bonchev–Trinajstić information content (AvgIpc) is 2.28. The summed E-state index contributed by atoms with van der Waals surface area (Å²) in [6.45, 7) is 10.0. The van der Waals surface area contributed by atoms with Gasteiger partial charge in [0.2, 0.25) is 0 Å². The van der Waals surface area contributed by atoms with Crippen molar-refractivity contribution in [2.45, 2.75) is 33.2 Å². The Morgan fingerprint density at radius 3 is 3.00 bits per heavy atom. The highest BCUT2D eigenvalue weighted by Gasteiger charge is 2.02. The topological polar surface area (TPSA) is 12.0 Å². The molecule has 1 nitrogen and oxygen atoms in total. The van der Waals surface area contributed by atoms with Crippen molar-refractivity contribution in [2.75, 3.05) is 6.54 Å². The largest absolute Gasteiger partial charge is 0.309 e. The van der Waals surface area contributed by atoms with Crippen molar-refractivity contribution in [3.8, 4) is 0 Å². The lowest BCUT2D eigenvalue weighted by molar-refractivity contribution is 0.583. The van der Waals surface area contributed by atoms with Crippen LogP contribution in [-0.2, 0) is 13.0 Å². The Balaban J connectivity index is 2.56. The first-order chi connectivity index (χ1) is 7.74. The van der Waals surface area contributed by atoms with E-state index in [1.54, 1.807) is 0 Å². The van der Waals surface area contributed by atoms with Crippen LogP contribution >= 0.6 is 0 Å². The normalized spacial score (nSPS) is 10.7. The molecule has 1 rings (SSSR count). The molecule has 0 spiro atoms. The van der Waals surface area contributed by atoms with Crippen molar-refractivity contribution in [1.82, 2.24) is 5.32 Å². The van der Waals surface area contributed by atoms with Crippen LogP contribution in [0.4, 0.5) is 0 Å². The zero-order chi connectivity index (χ0) is 11.8. The molecule has 0 aliphatic rings. The molecule has 1 N–H and O–H groups in total. The van der Waals surface area contributed by atoms with Crippen LogP contribution in [0.15, 0.2) is 30.9 Å². The minimum absolute atomic E-state index is 0.752. The Morgan fingerprint density at radius 2 is 2.31 bits per heavy atom. The van der Waals surface area contributed by atoms with Crippen molar-refractivity contribution < 1.29 is 0 Å². The summed E-state index contributed by atoms with van der Waals surface area (Å²) < 4.78 is 0. The van der Waals surface area contributed by atoms with Crippen LogP contribution in [0.25, 0.3) is 0 Å². The molecule has 0 amide bonds. The maximum Gasteiger partial charge on any atom is 0.0211 e. The standard InChI is InChI=1S/C15H22N/c1-4-11-16-12-15-8-6-5-7-14(15)10-9-13(2)3/h4-6,8,13,16H,1,9-12H2,2-3H3. The molecule has 0 bridgehead atoms. The van der Waals surface area contributed by atoms with E-state index in [-0.39, 0.29) is 0 Å². The second-order valence-electron chi connectivity index (χ2n) is 4.53. The quantitative estimate of drug-likeness (QED) is 0.544. The lowest BCUT2D eigenvalue weighted by Crippen LogP contribution is -2.14. The van der Waals surface area contributed by atoms with E-state index in [0.717, 1.165) is 25.4 Å². The molecule has 0 fully saturated rings. The molecule has 0 heterocycles. The predicted molar refractivity (Wildman–Crippen MR) is 70.3 cm³/mol. The van der Waals surface area contributed by atoms with Crippen molar-refractivity contribution in [3.05, 3.63) is 48.0 Å². The lowest BCUT2D eigenvalue weighted by atomic mass is 9.98. The number of benzene rings is 1. The summed E-state index contributed by atoms with van der Waals surface area (Å²) in [6.07, 6.45) is 4.25. The molecule has 0 aliphatic carbocycles. The highest BCUT2D eigenvalue weighted by molar-refractivity contribution is 5.26. The molecular formula is C15H22N. The van der Waals surface area contributed by atoms with Gasteiger partial charge in [-0.1, -0.05) is 38.1 Å². The number of nitrogens with one attached hydrogen (secondary N) is 1. The van der Waals surface area contributed by atoms with Gasteiger partial charge >= 0.3 is 0 Å². The first-order valence-corrected chi connectivity index (χ1v) is 6.04. The van der Waals surface area contributed by atoms with Gasteiger partial charge in [-0.05, 0) is 36.0 Å². The lowest BCUT2D eigenvalue weighted by Gasteiger charge is -2.10. The summed E-state index contributed by atoms with van der Waals surface area (Å²) in [7, 11) is 0. The molecule has 1 radical (unpaired) electrons. The Kier molecular flexibility index (Phi) is 5.87. The van der Waals surface area contributed by atoms with E-state index < -0.39 is 0 Å². The molecule has 0 aliphatic heterocycles. The van der Waals surface area contributed by atoms with Crippen molar-refractivity contribution in [2.24, 2.45) is 5.92 Å². The number of hydrogen-bond acceptors (Lipinski definition) is 1. The SMILES string of the molecule is C=CCNCc1ccc[c]c1CCC(C)C. The zero-order valence-electron chi connectivity index (χ0n) is 10.4. The molecule has 1 heteroatoms. The fourth-order valence-corrected chi connectivity index (χ4v) is 1.65. The monoisotopic (exact) mass is 216 g/mol. The van der Waals surface area contributed by atoms with Crippen LogP contribution in [0.5, 0.6) is 0 Å². The summed E-state index contributed by atoms with van der Waals surface area (Å²) >= 11 is 0. The van der Waals surface area contributed by atoms with Crippen LogP contribution in [-0.4, -0.2) is 6.54 Å². The van der Waals surface area contributed by atoms with E-state index in [4.69, 9.17) is 0 Å². The van der Waals surface area contributed by atoms with Gasteiger partial charge in [0.25, 0.3) is 0 Å². The van der Waals surface area contributed by atoms with Crippen molar-refractivity contribution in [1.29, 1.82) is 0 Å². The van der Waals surface area contributed by atoms with Gasteiger partial charge in [0.15, 0.2) is 0 Å². The fourth-order valence-electron chi connectivity index (χ4n) is 1.65. The molecular weight excluding hydrogens is 194 g/mol. The Labute approximate surface area is 99.6 Å². The maximum atomic E-state index is 3.70. The molecule has 16 heavy (non-hydrogen) atoms. The van der Waals surface area contributed by atoms with Crippen LogP contribution in [0.1, 0.15) is 31.4 Å². The van der Waals surface area contributed by atoms with Crippen molar-refractivity contribution in [3.63, 3.8) is 0 Å². The minimum Gasteiger partial charge on any atom is -0.309 e. The summed E-state index contributed by atoms with van der Waals surface area (Å²) in [5.41, 5.74) is 2.72. The second-order valence-corrected chi connectivity index (χ2v) is 4.53. The molecule has 0 aromatic heterocycles. The fraction of sp³-hybridized carbons (Fsp3) is 0.467. The second kappa shape index (κ2) is 7.24. The molecule has 87 valence electrons. The van der Waals surface area contributed by atoms with Gasteiger partial charge in [-0.2, -0.15) is 0 Å². The third kappa shape index (κ3) is 4.63. The van der Waals surface area contributed by atoms with Gasteiger partial charge in [0.1, 0.15) is 0 Å². The number of hydrogen-bond donors (Lipinski definition) is 1. The zero-order valence-corrected chi connectivity index (χ0v) is 10.4. The first-order valence-electron chi connectivity index (χ1n) is 6.04. The summed E-state index contributed by atoms with van der Waals surface area (Å²) in [6, 6.07) is 9.60. The highest BCUT2D eigenvalue weighted by atomic mass is 14.8.